The van der Waals surface area contributed by atoms with E-state index in [0.717, 1.165) is 16.7 Å². The van der Waals surface area contributed by atoms with Gasteiger partial charge in [-0.2, -0.15) is 5.10 Å². The van der Waals surface area contributed by atoms with Gasteiger partial charge in [-0.1, -0.05) is 53.0 Å². The van der Waals surface area contributed by atoms with Crippen molar-refractivity contribution in [1.29, 1.82) is 0 Å². The predicted octanol–water partition coefficient (Wildman–Crippen LogP) is 4.92. The van der Waals surface area contributed by atoms with E-state index in [0.29, 0.717) is 40.1 Å². The van der Waals surface area contributed by atoms with Crippen LogP contribution in [0.5, 0.6) is 5.88 Å². The Morgan fingerprint density at radius 3 is 2.55 bits per heavy atom. The number of carbonyl (C=O) groups is 2. The molecule has 10 heteroatoms. The number of aromatic nitrogens is 3. The molecule has 0 unspecified atom stereocenters. The Morgan fingerprint density at radius 2 is 1.87 bits per heavy atom. The molecular weight excluding hydrogens is 525 g/mol. The van der Waals surface area contributed by atoms with Gasteiger partial charge in [0.1, 0.15) is 6.04 Å². The summed E-state index contributed by atoms with van der Waals surface area (Å²) in [7, 11) is 0. The molecule has 8 nitrogen and oxygen atoms in total. The zero-order valence-corrected chi connectivity index (χ0v) is 22.2. The van der Waals surface area contributed by atoms with Gasteiger partial charge in [-0.15, -0.1) is 0 Å². The Labute approximate surface area is 230 Å². The van der Waals surface area contributed by atoms with Gasteiger partial charge in [0.05, 0.1) is 28.0 Å². The Kier molecular flexibility index (Phi) is 8.99. The van der Waals surface area contributed by atoms with E-state index in [4.69, 9.17) is 33.7 Å². The lowest BCUT2D eigenvalue weighted by Gasteiger charge is -2.16. The van der Waals surface area contributed by atoms with Gasteiger partial charge in [0.15, 0.2) is 0 Å². The van der Waals surface area contributed by atoms with E-state index < -0.39 is 11.9 Å². The van der Waals surface area contributed by atoms with Gasteiger partial charge in [-0.3, -0.25) is 14.6 Å². The second kappa shape index (κ2) is 12.6. The number of amides is 2. The lowest BCUT2D eigenvalue weighted by molar-refractivity contribution is -0.127. The van der Waals surface area contributed by atoms with Crippen LogP contribution in [-0.2, 0) is 16.0 Å². The van der Waals surface area contributed by atoms with Crippen LogP contribution in [0.4, 0.5) is 0 Å². The first-order valence-corrected chi connectivity index (χ1v) is 12.8. The van der Waals surface area contributed by atoms with Gasteiger partial charge in [-0.05, 0) is 49.2 Å². The summed E-state index contributed by atoms with van der Waals surface area (Å²) in [5.74, 6) is -0.390. The van der Waals surface area contributed by atoms with Crippen LogP contribution in [0.3, 0.4) is 0 Å². The monoisotopic (exact) mass is 551 g/mol. The number of nitrogens with two attached hydrogens (primary N) is 1. The predicted molar refractivity (Wildman–Crippen MR) is 148 cm³/mol. The minimum atomic E-state index is -0.788. The number of nitrogens with one attached hydrogen (secondary N) is 1. The topological polar surface area (TPSA) is 112 Å². The van der Waals surface area contributed by atoms with Crippen molar-refractivity contribution in [3.05, 3.63) is 94.2 Å². The summed E-state index contributed by atoms with van der Waals surface area (Å²) in [5.41, 5.74) is 9.71. The molecule has 0 fully saturated rings. The molecule has 0 spiro atoms. The number of nitrogens with zero attached hydrogens (tertiary/aromatic N) is 3. The van der Waals surface area contributed by atoms with Gasteiger partial charge < -0.3 is 15.8 Å². The highest BCUT2D eigenvalue weighted by Gasteiger charge is 2.19. The number of ether oxygens (including phenoxy) is 1. The van der Waals surface area contributed by atoms with E-state index in [-0.39, 0.29) is 18.9 Å². The highest BCUT2D eigenvalue weighted by atomic mass is 35.5. The smallest absolute Gasteiger partial charge is 0.240 e. The van der Waals surface area contributed by atoms with E-state index >= 15 is 0 Å². The lowest BCUT2D eigenvalue weighted by atomic mass is 10.0. The van der Waals surface area contributed by atoms with Crippen LogP contribution in [0.25, 0.3) is 16.9 Å². The molecule has 4 rings (SSSR count). The highest BCUT2D eigenvalue weighted by molar-refractivity contribution is 6.42. The van der Waals surface area contributed by atoms with Crippen molar-refractivity contribution in [1.82, 2.24) is 20.1 Å². The molecule has 0 bridgehead atoms. The summed E-state index contributed by atoms with van der Waals surface area (Å²) in [6.45, 7) is 2.22. The number of halogens is 2. The Bertz CT molecular complexity index is 1410. The standard InChI is InChI=1S/C28H27Cl2N5O3/c1-18-6-8-19(9-7-18)14-25(28(31)37)33-26(36)5-3-13-38-27-16-24(20-4-2-12-32-17-20)34-35(27)21-10-11-22(29)23(30)15-21/h2,4,6-12,15-17,25H,3,5,13-14H2,1H3,(H2,31,37)(H,33,36)/t25-/m0/s1. The molecule has 4 aromatic rings. The van der Waals surface area contributed by atoms with Crippen molar-refractivity contribution >= 4 is 35.0 Å². The molecule has 2 aromatic heterocycles. The fourth-order valence-electron chi connectivity index (χ4n) is 3.78. The first-order chi connectivity index (χ1) is 18.3. The number of rotatable bonds is 11. The molecule has 1 atom stereocenters. The first-order valence-electron chi connectivity index (χ1n) is 12.0. The molecule has 2 heterocycles. The summed E-state index contributed by atoms with van der Waals surface area (Å²) >= 11 is 12.3. The van der Waals surface area contributed by atoms with Crippen LogP contribution in [0.15, 0.2) is 73.1 Å². The molecule has 0 aliphatic heterocycles. The summed E-state index contributed by atoms with van der Waals surface area (Å²) in [4.78, 5) is 28.6. The van der Waals surface area contributed by atoms with E-state index in [9.17, 15) is 9.59 Å². The third-order valence-electron chi connectivity index (χ3n) is 5.82. The molecule has 0 aliphatic rings. The van der Waals surface area contributed by atoms with Crippen LogP contribution >= 0.6 is 23.2 Å². The highest BCUT2D eigenvalue weighted by Crippen LogP contribution is 2.29. The number of hydrogen-bond acceptors (Lipinski definition) is 5. The zero-order valence-electron chi connectivity index (χ0n) is 20.7. The van der Waals surface area contributed by atoms with Crippen molar-refractivity contribution in [2.75, 3.05) is 6.61 Å². The molecule has 2 amide bonds. The number of aryl methyl sites for hydroxylation is 1. The number of pyridine rings is 1. The van der Waals surface area contributed by atoms with Gasteiger partial charge in [0, 0.05) is 36.9 Å². The molecule has 0 saturated carbocycles. The van der Waals surface area contributed by atoms with Gasteiger partial charge in [0.2, 0.25) is 17.7 Å². The Hall–Kier alpha value is -3.88. The van der Waals surface area contributed by atoms with E-state index in [1.807, 2.05) is 43.3 Å². The molecule has 196 valence electrons. The second-order valence-electron chi connectivity index (χ2n) is 8.78. The van der Waals surface area contributed by atoms with Crippen molar-refractivity contribution in [2.24, 2.45) is 5.73 Å². The number of benzene rings is 2. The number of carbonyl (C=O) groups excluding carboxylic acids is 2. The summed E-state index contributed by atoms with van der Waals surface area (Å²) in [6.07, 6.45) is 4.30. The third-order valence-corrected chi connectivity index (χ3v) is 6.56. The molecule has 0 radical (unpaired) electrons. The molecule has 0 aliphatic carbocycles. The van der Waals surface area contributed by atoms with Crippen LogP contribution in [0, 0.1) is 6.92 Å². The lowest BCUT2D eigenvalue weighted by Crippen LogP contribution is -2.45. The van der Waals surface area contributed by atoms with Gasteiger partial charge in [-0.25, -0.2) is 4.68 Å². The quantitative estimate of drug-likeness (QED) is 0.257. The van der Waals surface area contributed by atoms with Gasteiger partial charge >= 0.3 is 0 Å². The second-order valence-corrected chi connectivity index (χ2v) is 9.60. The van der Waals surface area contributed by atoms with Crippen molar-refractivity contribution in [2.45, 2.75) is 32.2 Å². The number of hydrogen-bond donors (Lipinski definition) is 2. The molecule has 3 N–H and O–H groups in total. The molecule has 2 aromatic carbocycles. The molecular formula is C28H27Cl2N5O3. The fourth-order valence-corrected chi connectivity index (χ4v) is 4.07. The van der Waals surface area contributed by atoms with Crippen LogP contribution in [0.1, 0.15) is 24.0 Å². The zero-order chi connectivity index (χ0) is 27.1. The van der Waals surface area contributed by atoms with E-state index in [2.05, 4.69) is 15.4 Å². The van der Waals surface area contributed by atoms with Crippen LogP contribution in [0.2, 0.25) is 10.0 Å². The normalized spacial score (nSPS) is 11.7. The first kappa shape index (κ1) is 27.2. The SMILES string of the molecule is Cc1ccc(C[C@H](NC(=O)CCCOc2cc(-c3cccnc3)nn2-c2ccc(Cl)c(Cl)c2)C(N)=O)cc1. The van der Waals surface area contributed by atoms with E-state index in [1.54, 1.807) is 41.3 Å². The van der Waals surface area contributed by atoms with Crippen molar-refractivity contribution < 1.29 is 14.3 Å². The summed E-state index contributed by atoms with van der Waals surface area (Å²) in [6, 6.07) is 17.6. The maximum atomic E-state index is 12.5. The van der Waals surface area contributed by atoms with Crippen LogP contribution in [-0.4, -0.2) is 39.2 Å². The van der Waals surface area contributed by atoms with Crippen molar-refractivity contribution in [3.8, 4) is 22.8 Å². The largest absolute Gasteiger partial charge is 0.478 e. The minimum absolute atomic E-state index is 0.161. The Balaban J connectivity index is 1.39. The average molecular weight is 552 g/mol. The molecule has 38 heavy (non-hydrogen) atoms. The van der Waals surface area contributed by atoms with E-state index in [1.165, 1.54) is 0 Å². The van der Waals surface area contributed by atoms with Gasteiger partial charge in [0.25, 0.3) is 0 Å². The summed E-state index contributed by atoms with van der Waals surface area (Å²) < 4.78 is 7.63. The molecule has 0 saturated heterocycles. The minimum Gasteiger partial charge on any atom is -0.478 e. The maximum Gasteiger partial charge on any atom is 0.240 e. The van der Waals surface area contributed by atoms with Crippen molar-refractivity contribution in [3.63, 3.8) is 0 Å². The number of primary amides is 1. The third kappa shape index (κ3) is 7.12. The summed E-state index contributed by atoms with van der Waals surface area (Å²) in [5, 5.41) is 8.21. The maximum absolute atomic E-state index is 12.5. The Morgan fingerprint density at radius 1 is 1.08 bits per heavy atom. The average Bonchev–Trinajstić information content (AvgIpc) is 3.34. The fraction of sp³-hybridized carbons (Fsp3) is 0.214. The van der Waals surface area contributed by atoms with Crippen LogP contribution < -0.4 is 15.8 Å².